The van der Waals surface area contributed by atoms with E-state index in [0.717, 1.165) is 12.1 Å². The molecule has 0 saturated carbocycles. The fourth-order valence-electron chi connectivity index (χ4n) is 1.78. The summed E-state index contributed by atoms with van der Waals surface area (Å²) in [5.41, 5.74) is 1.04. The molecule has 2 rings (SSSR count). The zero-order chi connectivity index (χ0) is 13.7. The van der Waals surface area contributed by atoms with Crippen molar-refractivity contribution in [1.82, 2.24) is 15.5 Å². The van der Waals surface area contributed by atoms with Gasteiger partial charge in [0.05, 0.1) is 7.11 Å². The fraction of sp³-hybridized carbons (Fsp3) is 0.385. The molecule has 0 fully saturated rings. The van der Waals surface area contributed by atoms with E-state index < -0.39 is 0 Å². The molecule has 6 heteroatoms. The van der Waals surface area contributed by atoms with Crippen molar-refractivity contribution >= 4 is 0 Å². The van der Waals surface area contributed by atoms with Gasteiger partial charge in [-0.15, -0.1) is 0 Å². The summed E-state index contributed by atoms with van der Waals surface area (Å²) >= 11 is 0. The smallest absolute Gasteiger partial charge is 0.227 e. The number of hydrogen-bond acceptors (Lipinski definition) is 6. The monoisotopic (exact) mass is 263 g/mol. The molecule has 0 aliphatic carbocycles. The molecule has 2 aromatic rings. The van der Waals surface area contributed by atoms with Crippen LogP contribution in [0.2, 0.25) is 0 Å². The first kappa shape index (κ1) is 13.4. The summed E-state index contributed by atoms with van der Waals surface area (Å²) in [6.07, 6.45) is 2.07. The Bertz CT molecular complexity index is 514. The normalized spacial score (nSPS) is 12.3. The van der Waals surface area contributed by atoms with E-state index in [1.54, 1.807) is 6.07 Å². The molecule has 0 saturated heterocycles. The van der Waals surface area contributed by atoms with E-state index in [2.05, 4.69) is 15.5 Å². The second-order valence-electron chi connectivity index (χ2n) is 4.19. The van der Waals surface area contributed by atoms with Crippen LogP contribution >= 0.6 is 0 Å². The van der Waals surface area contributed by atoms with Gasteiger partial charge in [-0.05, 0) is 24.6 Å². The quantitative estimate of drug-likeness (QED) is 0.825. The van der Waals surface area contributed by atoms with E-state index >= 15 is 0 Å². The van der Waals surface area contributed by atoms with Crippen molar-refractivity contribution in [2.45, 2.75) is 19.4 Å². The van der Waals surface area contributed by atoms with E-state index in [1.807, 2.05) is 19.1 Å². The highest BCUT2D eigenvalue weighted by molar-refractivity contribution is 5.42. The molecule has 102 valence electrons. The number of rotatable bonds is 6. The van der Waals surface area contributed by atoms with Gasteiger partial charge >= 0.3 is 0 Å². The van der Waals surface area contributed by atoms with Gasteiger partial charge in [-0.2, -0.15) is 4.98 Å². The highest BCUT2D eigenvalue weighted by atomic mass is 16.5. The van der Waals surface area contributed by atoms with Gasteiger partial charge in [0.15, 0.2) is 17.8 Å². The topological polar surface area (TPSA) is 80.4 Å². The second-order valence-corrected chi connectivity index (χ2v) is 4.19. The third-order valence-electron chi connectivity index (χ3n) is 2.90. The van der Waals surface area contributed by atoms with Crippen LogP contribution in [0.4, 0.5) is 0 Å². The lowest BCUT2D eigenvalue weighted by atomic mass is 10.1. The summed E-state index contributed by atoms with van der Waals surface area (Å²) in [6.45, 7) is 2.77. The SMILES string of the molecule is COc1cc(C(C)NCCc2ncno2)ccc1O. The summed E-state index contributed by atoms with van der Waals surface area (Å²) in [5, 5.41) is 16.4. The van der Waals surface area contributed by atoms with Crippen molar-refractivity contribution < 1.29 is 14.4 Å². The Morgan fingerprint density at radius 3 is 3.00 bits per heavy atom. The van der Waals surface area contributed by atoms with Gasteiger partial charge in [0, 0.05) is 19.0 Å². The summed E-state index contributed by atoms with van der Waals surface area (Å²) in [4.78, 5) is 3.95. The Morgan fingerprint density at radius 1 is 1.47 bits per heavy atom. The maximum Gasteiger partial charge on any atom is 0.227 e. The first-order valence-corrected chi connectivity index (χ1v) is 6.06. The predicted molar refractivity (Wildman–Crippen MR) is 69.1 cm³/mol. The van der Waals surface area contributed by atoms with Crippen molar-refractivity contribution in [2.24, 2.45) is 0 Å². The van der Waals surface area contributed by atoms with Crippen LogP contribution in [0, 0.1) is 0 Å². The minimum Gasteiger partial charge on any atom is -0.504 e. The summed E-state index contributed by atoms with van der Waals surface area (Å²) in [7, 11) is 1.53. The first-order chi connectivity index (χ1) is 9.20. The molecule has 0 spiro atoms. The lowest BCUT2D eigenvalue weighted by molar-refractivity contribution is 0.369. The molecule has 2 N–H and O–H groups in total. The first-order valence-electron chi connectivity index (χ1n) is 6.06. The lowest BCUT2D eigenvalue weighted by Gasteiger charge is -2.15. The molecule has 6 nitrogen and oxygen atoms in total. The van der Waals surface area contributed by atoms with Crippen LogP contribution < -0.4 is 10.1 Å². The molecule has 0 amide bonds. The van der Waals surface area contributed by atoms with Crippen molar-refractivity contribution in [3.05, 3.63) is 36.0 Å². The fourth-order valence-corrected chi connectivity index (χ4v) is 1.78. The average Bonchev–Trinajstić information content (AvgIpc) is 2.92. The van der Waals surface area contributed by atoms with E-state index in [-0.39, 0.29) is 11.8 Å². The minimum absolute atomic E-state index is 0.137. The van der Waals surface area contributed by atoms with Gasteiger partial charge in [0.1, 0.15) is 0 Å². The highest BCUT2D eigenvalue weighted by Crippen LogP contribution is 2.28. The zero-order valence-electron chi connectivity index (χ0n) is 11.0. The van der Waals surface area contributed by atoms with Gasteiger partial charge in [-0.3, -0.25) is 0 Å². The van der Waals surface area contributed by atoms with Crippen molar-refractivity contribution in [3.8, 4) is 11.5 Å². The van der Waals surface area contributed by atoms with Crippen LogP contribution in [0.5, 0.6) is 11.5 Å². The molecule has 0 radical (unpaired) electrons. The minimum atomic E-state index is 0.137. The molecule has 0 aliphatic heterocycles. The van der Waals surface area contributed by atoms with Gasteiger partial charge < -0.3 is 19.7 Å². The number of ether oxygens (including phenoxy) is 1. The Morgan fingerprint density at radius 2 is 2.32 bits per heavy atom. The van der Waals surface area contributed by atoms with E-state index in [4.69, 9.17) is 9.26 Å². The van der Waals surface area contributed by atoms with Crippen molar-refractivity contribution in [1.29, 1.82) is 0 Å². The van der Waals surface area contributed by atoms with Crippen LogP contribution in [0.1, 0.15) is 24.4 Å². The van der Waals surface area contributed by atoms with E-state index in [9.17, 15) is 5.11 Å². The molecule has 1 unspecified atom stereocenters. The van der Waals surface area contributed by atoms with Crippen LogP contribution in [-0.2, 0) is 6.42 Å². The second kappa shape index (κ2) is 6.19. The molecule has 19 heavy (non-hydrogen) atoms. The molecule has 1 aromatic heterocycles. The molecule has 0 bridgehead atoms. The maximum atomic E-state index is 9.54. The molecular formula is C13H17N3O3. The Balaban J connectivity index is 1.90. The summed E-state index contributed by atoms with van der Waals surface area (Å²) < 4.78 is 10.0. The van der Waals surface area contributed by atoms with Gasteiger partial charge in [0.25, 0.3) is 0 Å². The third kappa shape index (κ3) is 3.45. The maximum absolute atomic E-state index is 9.54. The number of aromatic nitrogens is 2. The Kier molecular flexibility index (Phi) is 4.35. The standard InChI is InChI=1S/C13H17N3O3/c1-9(14-6-5-13-15-8-16-19-13)10-3-4-11(17)12(7-10)18-2/h3-4,7-9,14,17H,5-6H2,1-2H3. The van der Waals surface area contributed by atoms with Crippen molar-refractivity contribution in [2.75, 3.05) is 13.7 Å². The van der Waals surface area contributed by atoms with Gasteiger partial charge in [0.2, 0.25) is 5.89 Å². The van der Waals surface area contributed by atoms with Crippen molar-refractivity contribution in [3.63, 3.8) is 0 Å². The molecule has 1 heterocycles. The number of hydrogen-bond donors (Lipinski definition) is 2. The number of nitrogens with one attached hydrogen (secondary N) is 1. The highest BCUT2D eigenvalue weighted by Gasteiger charge is 2.09. The third-order valence-corrected chi connectivity index (χ3v) is 2.90. The summed E-state index contributed by atoms with van der Waals surface area (Å²) in [5.74, 6) is 1.23. The van der Waals surface area contributed by atoms with Gasteiger partial charge in [-0.25, -0.2) is 0 Å². The number of benzene rings is 1. The number of aromatic hydroxyl groups is 1. The molecule has 1 aromatic carbocycles. The predicted octanol–water partition coefficient (Wildman–Crippen LogP) is 1.68. The largest absolute Gasteiger partial charge is 0.504 e. The Hall–Kier alpha value is -2.08. The van der Waals surface area contributed by atoms with E-state index in [0.29, 0.717) is 18.1 Å². The number of phenolic OH excluding ortho intramolecular Hbond substituents is 1. The average molecular weight is 263 g/mol. The number of methoxy groups -OCH3 is 1. The molecule has 0 aliphatic rings. The van der Waals surface area contributed by atoms with Crippen LogP contribution in [0.3, 0.4) is 0 Å². The Labute approximate surface area is 111 Å². The summed E-state index contributed by atoms with van der Waals surface area (Å²) in [6, 6.07) is 5.45. The van der Waals surface area contributed by atoms with Crippen LogP contribution in [-0.4, -0.2) is 28.9 Å². The lowest BCUT2D eigenvalue weighted by Crippen LogP contribution is -2.21. The zero-order valence-corrected chi connectivity index (χ0v) is 11.0. The number of phenols is 1. The van der Waals surface area contributed by atoms with Gasteiger partial charge in [-0.1, -0.05) is 11.2 Å². The van der Waals surface area contributed by atoms with Crippen LogP contribution in [0.25, 0.3) is 0 Å². The van der Waals surface area contributed by atoms with E-state index in [1.165, 1.54) is 13.4 Å². The number of nitrogens with zero attached hydrogens (tertiary/aromatic N) is 2. The van der Waals surface area contributed by atoms with Crippen LogP contribution in [0.15, 0.2) is 29.0 Å². The molecule has 1 atom stereocenters. The molecular weight excluding hydrogens is 246 g/mol.